The maximum atomic E-state index is 14.8. The lowest BCUT2D eigenvalue weighted by Gasteiger charge is -2.11. The summed E-state index contributed by atoms with van der Waals surface area (Å²) in [5.74, 6) is -9.45. The zero-order chi connectivity index (χ0) is 28.3. The van der Waals surface area contributed by atoms with Gasteiger partial charge in [-0.05, 0) is 78.4 Å². The Labute approximate surface area is 219 Å². The van der Waals surface area contributed by atoms with Crippen molar-refractivity contribution >= 4 is 5.83 Å². The summed E-state index contributed by atoms with van der Waals surface area (Å²) in [6.45, 7) is 1.49. The molecule has 0 aliphatic heterocycles. The van der Waals surface area contributed by atoms with Crippen LogP contribution in [0.5, 0.6) is 0 Å². The lowest BCUT2D eigenvalue weighted by atomic mass is 9.97. The van der Waals surface area contributed by atoms with E-state index in [4.69, 9.17) is 0 Å². The second-order valence-electron chi connectivity index (χ2n) is 8.73. The van der Waals surface area contributed by atoms with Crippen LogP contribution in [0.3, 0.4) is 0 Å². The van der Waals surface area contributed by atoms with E-state index < -0.39 is 46.6 Å². The zero-order valence-electron chi connectivity index (χ0n) is 20.4. The first-order valence-electron chi connectivity index (χ1n) is 11.8. The summed E-state index contributed by atoms with van der Waals surface area (Å²) < 4.78 is 112. The molecule has 0 nitrogen and oxygen atoms in total. The standard InChI is InChI=1S/C31H20F8/c1-2-3-24(32)30(38)19-9-11-22(25(33)12-19)21-15-26(34)23(27(35)16-21)10-6-17-4-7-18(8-5-17)20-13-28(36)31(39)29(37)14-20/h2-5,7-9,11-16H,6,10H2,1H3. The number of hydrogen-bond donors (Lipinski definition) is 0. The fraction of sp³-hybridized carbons (Fsp3) is 0.0968. The summed E-state index contributed by atoms with van der Waals surface area (Å²) in [4.78, 5) is 0. The van der Waals surface area contributed by atoms with Crippen LogP contribution in [-0.4, -0.2) is 0 Å². The van der Waals surface area contributed by atoms with Gasteiger partial charge in [0.15, 0.2) is 29.1 Å². The molecule has 4 aromatic carbocycles. The van der Waals surface area contributed by atoms with Gasteiger partial charge in [-0.2, -0.15) is 0 Å². The molecule has 8 heteroatoms. The molecular weight excluding hydrogens is 524 g/mol. The van der Waals surface area contributed by atoms with Crippen LogP contribution in [0.1, 0.15) is 23.6 Å². The number of rotatable bonds is 7. The number of benzene rings is 4. The highest BCUT2D eigenvalue weighted by atomic mass is 19.2. The first-order valence-corrected chi connectivity index (χ1v) is 11.8. The van der Waals surface area contributed by atoms with E-state index in [-0.39, 0.29) is 40.7 Å². The summed E-state index contributed by atoms with van der Waals surface area (Å²) in [7, 11) is 0. The van der Waals surface area contributed by atoms with Crippen LogP contribution >= 0.6 is 0 Å². The Morgan fingerprint density at radius 1 is 0.615 bits per heavy atom. The Hall–Kier alpha value is -4.20. The summed E-state index contributed by atoms with van der Waals surface area (Å²) >= 11 is 0. The molecule has 0 N–H and O–H groups in total. The van der Waals surface area contributed by atoms with Crippen LogP contribution in [0.2, 0.25) is 0 Å². The first kappa shape index (κ1) is 27.8. The highest BCUT2D eigenvalue weighted by Crippen LogP contribution is 2.31. The summed E-state index contributed by atoms with van der Waals surface area (Å²) in [6.07, 6.45) is 2.33. The van der Waals surface area contributed by atoms with Gasteiger partial charge in [0.1, 0.15) is 17.5 Å². The van der Waals surface area contributed by atoms with Crippen LogP contribution < -0.4 is 0 Å². The van der Waals surface area contributed by atoms with Gasteiger partial charge in [-0.3, -0.25) is 0 Å². The monoisotopic (exact) mass is 544 g/mol. The van der Waals surface area contributed by atoms with E-state index in [0.717, 1.165) is 48.5 Å². The molecule has 0 saturated carbocycles. The molecule has 0 aromatic heterocycles. The Balaban J connectivity index is 1.51. The van der Waals surface area contributed by atoms with Crippen LogP contribution in [0, 0.1) is 34.9 Å². The van der Waals surface area contributed by atoms with Gasteiger partial charge in [-0.15, -0.1) is 0 Å². The SMILES string of the molecule is CC=CC(F)=C(F)c1ccc(-c2cc(F)c(CCc3ccc(-c4cc(F)c(F)c(F)c4)cc3)c(F)c2)c(F)c1. The molecule has 0 heterocycles. The van der Waals surface area contributed by atoms with E-state index in [1.165, 1.54) is 13.0 Å². The van der Waals surface area contributed by atoms with Crippen molar-refractivity contribution < 1.29 is 35.1 Å². The Morgan fingerprint density at radius 2 is 1.21 bits per heavy atom. The number of aryl methyl sites for hydroxylation is 1. The van der Waals surface area contributed by atoms with E-state index in [1.807, 2.05) is 0 Å². The second kappa shape index (κ2) is 11.7. The molecule has 4 aromatic rings. The van der Waals surface area contributed by atoms with Gasteiger partial charge in [-0.25, -0.2) is 35.1 Å². The largest absolute Gasteiger partial charge is 0.207 e. The van der Waals surface area contributed by atoms with E-state index >= 15 is 0 Å². The molecule has 39 heavy (non-hydrogen) atoms. The highest BCUT2D eigenvalue weighted by molar-refractivity contribution is 5.70. The van der Waals surface area contributed by atoms with Crippen molar-refractivity contribution in [3.05, 3.63) is 136 Å². The van der Waals surface area contributed by atoms with E-state index in [1.54, 1.807) is 24.3 Å². The fourth-order valence-electron chi connectivity index (χ4n) is 4.10. The third kappa shape index (κ3) is 6.11. The molecule has 0 bridgehead atoms. The maximum Gasteiger partial charge on any atom is 0.194 e. The Morgan fingerprint density at radius 3 is 1.77 bits per heavy atom. The smallest absolute Gasteiger partial charge is 0.194 e. The van der Waals surface area contributed by atoms with Gasteiger partial charge in [0.2, 0.25) is 0 Å². The molecule has 200 valence electrons. The molecule has 0 atom stereocenters. The second-order valence-corrected chi connectivity index (χ2v) is 8.73. The molecule has 4 rings (SSSR count). The molecular formula is C31H20F8. The van der Waals surface area contributed by atoms with Crippen LogP contribution in [0.4, 0.5) is 35.1 Å². The van der Waals surface area contributed by atoms with Crippen molar-refractivity contribution in [1.82, 2.24) is 0 Å². The minimum absolute atomic E-state index is 0.0429. The molecule has 0 amide bonds. The van der Waals surface area contributed by atoms with Crippen molar-refractivity contribution in [2.45, 2.75) is 19.8 Å². The van der Waals surface area contributed by atoms with Gasteiger partial charge in [-0.1, -0.05) is 42.5 Å². The van der Waals surface area contributed by atoms with Gasteiger partial charge in [0.05, 0.1) is 0 Å². The fourth-order valence-corrected chi connectivity index (χ4v) is 4.10. The molecule has 0 saturated heterocycles. The molecule has 0 spiro atoms. The van der Waals surface area contributed by atoms with Crippen LogP contribution in [0.25, 0.3) is 28.1 Å². The maximum absolute atomic E-state index is 14.8. The summed E-state index contributed by atoms with van der Waals surface area (Å²) in [5.41, 5.74) is 0.339. The average molecular weight is 544 g/mol. The lowest BCUT2D eigenvalue weighted by molar-refractivity contribution is 0.448. The van der Waals surface area contributed by atoms with Crippen molar-refractivity contribution in [3.63, 3.8) is 0 Å². The van der Waals surface area contributed by atoms with E-state index in [2.05, 4.69) is 0 Å². The van der Waals surface area contributed by atoms with Gasteiger partial charge >= 0.3 is 0 Å². The third-order valence-corrected chi connectivity index (χ3v) is 6.13. The quantitative estimate of drug-likeness (QED) is 0.123. The van der Waals surface area contributed by atoms with Gasteiger partial charge in [0, 0.05) is 16.7 Å². The van der Waals surface area contributed by atoms with Crippen molar-refractivity contribution in [1.29, 1.82) is 0 Å². The van der Waals surface area contributed by atoms with Crippen LogP contribution in [-0.2, 0) is 12.8 Å². The van der Waals surface area contributed by atoms with Gasteiger partial charge < -0.3 is 0 Å². The third-order valence-electron chi connectivity index (χ3n) is 6.13. The molecule has 0 aliphatic carbocycles. The van der Waals surface area contributed by atoms with Crippen molar-refractivity contribution in [2.75, 3.05) is 0 Å². The Bertz CT molecular complexity index is 1540. The highest BCUT2D eigenvalue weighted by Gasteiger charge is 2.17. The van der Waals surface area contributed by atoms with E-state index in [0.29, 0.717) is 11.1 Å². The number of allylic oxidation sites excluding steroid dienone is 3. The van der Waals surface area contributed by atoms with Crippen molar-refractivity contribution in [2.24, 2.45) is 0 Å². The molecule has 0 fully saturated rings. The minimum Gasteiger partial charge on any atom is -0.207 e. The predicted molar refractivity (Wildman–Crippen MR) is 135 cm³/mol. The molecule has 0 radical (unpaired) electrons. The molecule has 0 aliphatic rings. The normalized spacial score (nSPS) is 12.2. The number of hydrogen-bond acceptors (Lipinski definition) is 0. The Kier molecular flexibility index (Phi) is 8.33. The van der Waals surface area contributed by atoms with Gasteiger partial charge in [0.25, 0.3) is 0 Å². The van der Waals surface area contributed by atoms with E-state index in [9.17, 15) is 35.1 Å². The summed E-state index contributed by atoms with van der Waals surface area (Å²) in [5, 5.41) is 0. The zero-order valence-corrected chi connectivity index (χ0v) is 20.4. The predicted octanol–water partition coefficient (Wildman–Crippen LogP) is 9.82. The minimum atomic E-state index is -1.56. The molecule has 0 unspecified atom stereocenters. The van der Waals surface area contributed by atoms with Crippen LogP contribution in [0.15, 0.2) is 84.7 Å². The summed E-state index contributed by atoms with van der Waals surface area (Å²) in [6, 6.07) is 12.9. The van der Waals surface area contributed by atoms with Crippen molar-refractivity contribution in [3.8, 4) is 22.3 Å². The lowest BCUT2D eigenvalue weighted by Crippen LogP contribution is -2.01. The number of halogens is 8. The average Bonchev–Trinajstić information content (AvgIpc) is 2.90. The topological polar surface area (TPSA) is 0 Å². The first-order chi connectivity index (χ1) is 18.6.